The van der Waals surface area contributed by atoms with Crippen LogP contribution in [-0.4, -0.2) is 35.1 Å². The smallest absolute Gasteiger partial charge is 0.265 e. The maximum atomic E-state index is 12.7. The number of rotatable bonds is 5. The van der Waals surface area contributed by atoms with Gasteiger partial charge in [0.05, 0.1) is 22.3 Å². The molecule has 0 bridgehead atoms. The largest absolute Gasteiger partial charge is 0.322 e. The highest BCUT2D eigenvalue weighted by atomic mass is 32.1. The molecule has 8 heteroatoms. The molecular formula is C20H21N5O2S. The van der Waals surface area contributed by atoms with Crippen molar-refractivity contribution in [2.75, 3.05) is 23.7 Å². The highest BCUT2D eigenvalue weighted by molar-refractivity contribution is 7.12. The summed E-state index contributed by atoms with van der Waals surface area (Å²) in [4.78, 5) is 25.4. The summed E-state index contributed by atoms with van der Waals surface area (Å²) in [6, 6.07) is 10.7. The Hall–Kier alpha value is -2.97. The number of hydrogen-bond acceptors (Lipinski definition) is 5. The number of carbonyl (C=O) groups excluding carboxylic acids is 2. The Kier molecular flexibility index (Phi) is 5.50. The normalized spacial score (nSPS) is 16.5. The van der Waals surface area contributed by atoms with Gasteiger partial charge in [0.2, 0.25) is 0 Å². The minimum absolute atomic E-state index is 0.143. The quantitative estimate of drug-likeness (QED) is 0.532. The van der Waals surface area contributed by atoms with Gasteiger partial charge in [-0.1, -0.05) is 6.07 Å². The highest BCUT2D eigenvalue weighted by Gasteiger charge is 2.23. The summed E-state index contributed by atoms with van der Waals surface area (Å²) in [5.41, 5.74) is 2.79. The minimum Gasteiger partial charge on any atom is -0.322 e. The van der Waals surface area contributed by atoms with Crippen LogP contribution in [0.4, 0.5) is 11.4 Å². The van der Waals surface area contributed by atoms with Gasteiger partial charge in [-0.25, -0.2) is 0 Å². The van der Waals surface area contributed by atoms with Crippen LogP contribution in [0.5, 0.6) is 0 Å². The average Bonchev–Trinajstić information content (AvgIpc) is 3.42. The lowest BCUT2D eigenvalue weighted by Crippen LogP contribution is -2.29. The first-order valence-corrected chi connectivity index (χ1v) is 10.1. The van der Waals surface area contributed by atoms with Gasteiger partial charge in [-0.2, -0.15) is 5.10 Å². The standard InChI is InChI=1S/C20H21N5O2S/c26-19(16-12-22-25-18(16)13-3-1-9-21-11-13)23-14-5-7-15(8-6-14)24-20(27)17-4-2-10-28-17/h2,4-8,10,12-13,21H,1,3,9,11H2,(H,22,25)(H,23,26)(H,24,27). The molecule has 1 fully saturated rings. The van der Waals surface area contributed by atoms with E-state index in [1.54, 1.807) is 36.5 Å². The number of carbonyl (C=O) groups is 2. The van der Waals surface area contributed by atoms with E-state index in [0.717, 1.165) is 31.6 Å². The topological polar surface area (TPSA) is 98.9 Å². The van der Waals surface area contributed by atoms with Crippen LogP contribution in [0.1, 0.15) is 44.5 Å². The molecule has 0 radical (unpaired) electrons. The molecule has 1 aromatic carbocycles. The Morgan fingerprint density at radius 3 is 2.46 bits per heavy atom. The molecule has 1 saturated heterocycles. The van der Waals surface area contributed by atoms with Crippen molar-refractivity contribution in [3.63, 3.8) is 0 Å². The molecule has 3 aromatic rings. The Balaban J connectivity index is 1.40. The summed E-state index contributed by atoms with van der Waals surface area (Å²) >= 11 is 1.39. The van der Waals surface area contributed by atoms with Crippen molar-refractivity contribution in [3.8, 4) is 0 Å². The van der Waals surface area contributed by atoms with E-state index in [4.69, 9.17) is 0 Å². The molecule has 28 heavy (non-hydrogen) atoms. The number of nitrogens with zero attached hydrogens (tertiary/aromatic N) is 1. The number of amides is 2. The molecule has 7 nitrogen and oxygen atoms in total. The Morgan fingerprint density at radius 2 is 1.82 bits per heavy atom. The average molecular weight is 395 g/mol. The summed E-state index contributed by atoms with van der Waals surface area (Å²) in [7, 11) is 0. The monoisotopic (exact) mass is 395 g/mol. The van der Waals surface area contributed by atoms with Crippen molar-refractivity contribution in [2.45, 2.75) is 18.8 Å². The van der Waals surface area contributed by atoms with Gasteiger partial charge in [-0.15, -0.1) is 11.3 Å². The van der Waals surface area contributed by atoms with E-state index in [1.807, 2.05) is 11.4 Å². The molecule has 2 aromatic heterocycles. The van der Waals surface area contributed by atoms with E-state index >= 15 is 0 Å². The highest BCUT2D eigenvalue weighted by Crippen LogP contribution is 2.25. The number of anilines is 2. The number of piperidine rings is 1. The van der Waals surface area contributed by atoms with Crippen molar-refractivity contribution in [3.05, 3.63) is 64.1 Å². The number of thiophene rings is 1. The summed E-state index contributed by atoms with van der Waals surface area (Å²) in [6.45, 7) is 1.86. The predicted octanol–water partition coefficient (Wildman–Crippen LogP) is 3.44. The van der Waals surface area contributed by atoms with Crippen LogP contribution in [0.3, 0.4) is 0 Å². The number of hydrogen-bond donors (Lipinski definition) is 4. The van der Waals surface area contributed by atoms with Crippen LogP contribution >= 0.6 is 11.3 Å². The molecule has 1 aliphatic rings. The third-order valence-electron chi connectivity index (χ3n) is 4.76. The number of H-pyrrole nitrogens is 1. The molecule has 1 atom stereocenters. The van der Waals surface area contributed by atoms with Crippen LogP contribution in [0.15, 0.2) is 48.0 Å². The van der Waals surface area contributed by atoms with Crippen LogP contribution in [-0.2, 0) is 0 Å². The fourth-order valence-corrected chi connectivity index (χ4v) is 3.94. The second kappa shape index (κ2) is 8.37. The molecular weight excluding hydrogens is 374 g/mol. The maximum absolute atomic E-state index is 12.7. The number of benzene rings is 1. The van der Waals surface area contributed by atoms with Crippen molar-refractivity contribution in [1.82, 2.24) is 15.5 Å². The predicted molar refractivity (Wildman–Crippen MR) is 110 cm³/mol. The van der Waals surface area contributed by atoms with E-state index in [9.17, 15) is 9.59 Å². The number of aromatic amines is 1. The lowest BCUT2D eigenvalue weighted by atomic mass is 9.93. The fourth-order valence-electron chi connectivity index (χ4n) is 3.32. The van der Waals surface area contributed by atoms with Gasteiger partial charge in [0.15, 0.2) is 0 Å². The van der Waals surface area contributed by atoms with Crippen molar-refractivity contribution < 1.29 is 9.59 Å². The van der Waals surface area contributed by atoms with Crippen LogP contribution in [0, 0.1) is 0 Å². The van der Waals surface area contributed by atoms with E-state index in [-0.39, 0.29) is 17.7 Å². The second-order valence-electron chi connectivity index (χ2n) is 6.70. The Bertz CT molecular complexity index is 943. The van der Waals surface area contributed by atoms with E-state index in [0.29, 0.717) is 21.8 Å². The summed E-state index contributed by atoms with van der Waals surface area (Å²) in [5.74, 6) is -0.0625. The number of nitrogens with one attached hydrogen (secondary N) is 4. The molecule has 1 aliphatic heterocycles. The van der Waals surface area contributed by atoms with E-state index < -0.39 is 0 Å². The van der Waals surface area contributed by atoms with Gasteiger partial charge < -0.3 is 16.0 Å². The molecule has 1 unspecified atom stereocenters. The molecule has 0 aliphatic carbocycles. The molecule has 144 valence electrons. The minimum atomic E-state index is -0.190. The van der Waals surface area contributed by atoms with Crippen LogP contribution in [0.2, 0.25) is 0 Å². The molecule has 4 N–H and O–H groups in total. The van der Waals surface area contributed by atoms with Gasteiger partial charge in [0.25, 0.3) is 11.8 Å². The lowest BCUT2D eigenvalue weighted by Gasteiger charge is -2.22. The molecule has 2 amide bonds. The maximum Gasteiger partial charge on any atom is 0.265 e. The third-order valence-corrected chi connectivity index (χ3v) is 5.63. The SMILES string of the molecule is O=C(Nc1ccc(NC(=O)c2cn[nH]c2C2CCCNC2)cc1)c1cccs1. The van der Waals surface area contributed by atoms with Gasteiger partial charge in [-0.3, -0.25) is 14.7 Å². The van der Waals surface area contributed by atoms with Gasteiger partial charge >= 0.3 is 0 Å². The second-order valence-corrected chi connectivity index (χ2v) is 7.65. The zero-order chi connectivity index (χ0) is 19.3. The van der Waals surface area contributed by atoms with E-state index in [1.165, 1.54) is 11.3 Å². The first-order valence-electron chi connectivity index (χ1n) is 9.21. The van der Waals surface area contributed by atoms with Crippen molar-refractivity contribution in [2.24, 2.45) is 0 Å². The van der Waals surface area contributed by atoms with Crippen molar-refractivity contribution >= 4 is 34.5 Å². The number of aromatic nitrogens is 2. The van der Waals surface area contributed by atoms with Crippen molar-refractivity contribution in [1.29, 1.82) is 0 Å². The van der Waals surface area contributed by atoms with Gasteiger partial charge in [0, 0.05) is 23.8 Å². The Labute approximate surface area is 166 Å². The van der Waals surface area contributed by atoms with Gasteiger partial charge in [-0.05, 0) is 55.1 Å². The first kappa shape index (κ1) is 18.4. The first-order chi connectivity index (χ1) is 13.7. The third kappa shape index (κ3) is 4.13. The molecule has 0 spiro atoms. The van der Waals surface area contributed by atoms with Gasteiger partial charge in [0.1, 0.15) is 0 Å². The summed E-state index contributed by atoms with van der Waals surface area (Å²) in [5, 5.41) is 18.0. The molecule has 4 rings (SSSR count). The van der Waals surface area contributed by atoms with Crippen LogP contribution < -0.4 is 16.0 Å². The fraction of sp³-hybridized carbons (Fsp3) is 0.250. The summed E-state index contributed by atoms with van der Waals surface area (Å²) < 4.78 is 0. The molecule has 0 saturated carbocycles. The van der Waals surface area contributed by atoms with Crippen LogP contribution in [0.25, 0.3) is 0 Å². The zero-order valence-electron chi connectivity index (χ0n) is 15.2. The zero-order valence-corrected chi connectivity index (χ0v) is 16.0. The summed E-state index contributed by atoms with van der Waals surface area (Å²) in [6.07, 6.45) is 3.70. The molecule has 3 heterocycles. The van der Waals surface area contributed by atoms with E-state index in [2.05, 4.69) is 26.1 Å². The Morgan fingerprint density at radius 1 is 1.07 bits per heavy atom. The lowest BCUT2D eigenvalue weighted by molar-refractivity contribution is 0.101.